The van der Waals surface area contributed by atoms with E-state index in [0.29, 0.717) is 19.3 Å². The first kappa shape index (κ1) is 14.2. The molecule has 4 heteroatoms. The number of aliphatic hydroxyl groups excluding tert-OH is 1. The number of benzene rings is 1. The molecule has 19 heavy (non-hydrogen) atoms. The van der Waals surface area contributed by atoms with Crippen LogP contribution in [0.15, 0.2) is 12.1 Å². The van der Waals surface area contributed by atoms with Crippen molar-refractivity contribution in [3.8, 4) is 11.5 Å². The normalized spacial score (nSPS) is 15.6. The summed E-state index contributed by atoms with van der Waals surface area (Å²) in [6.07, 6.45) is 1.74. The van der Waals surface area contributed by atoms with Crippen molar-refractivity contribution in [3.63, 3.8) is 0 Å². The Labute approximate surface area is 114 Å². The summed E-state index contributed by atoms with van der Waals surface area (Å²) in [6.45, 7) is 3.56. The van der Waals surface area contributed by atoms with Crippen molar-refractivity contribution in [2.75, 3.05) is 33.9 Å². The van der Waals surface area contributed by atoms with Gasteiger partial charge < -0.3 is 19.5 Å². The molecule has 0 saturated heterocycles. The van der Waals surface area contributed by atoms with Gasteiger partial charge >= 0.3 is 0 Å². The van der Waals surface area contributed by atoms with Gasteiger partial charge in [0.15, 0.2) is 11.5 Å². The minimum absolute atomic E-state index is 0.230. The van der Waals surface area contributed by atoms with Crippen LogP contribution >= 0.6 is 0 Å². The maximum Gasteiger partial charge on any atom is 0.161 e. The zero-order chi connectivity index (χ0) is 13.8. The molecule has 0 radical (unpaired) electrons. The molecule has 1 aliphatic rings. The topological polar surface area (TPSA) is 41.9 Å². The monoisotopic (exact) mass is 265 g/mol. The van der Waals surface area contributed by atoms with Crippen molar-refractivity contribution < 1.29 is 14.6 Å². The van der Waals surface area contributed by atoms with Crippen molar-refractivity contribution in [1.82, 2.24) is 4.90 Å². The molecular weight excluding hydrogens is 242 g/mol. The number of aryl methyl sites for hydroxylation is 1. The third-order valence-electron chi connectivity index (χ3n) is 3.55. The van der Waals surface area contributed by atoms with Crippen LogP contribution in [0.3, 0.4) is 0 Å². The van der Waals surface area contributed by atoms with Gasteiger partial charge in [0.1, 0.15) is 13.2 Å². The van der Waals surface area contributed by atoms with E-state index in [9.17, 15) is 0 Å². The SMILES string of the molecule is Cc1cc2c(cc1C(CCCO)N(C)C)OCCO2. The number of nitrogens with zero attached hydrogens (tertiary/aromatic N) is 1. The molecule has 0 saturated carbocycles. The summed E-state index contributed by atoms with van der Waals surface area (Å²) in [5.41, 5.74) is 2.46. The molecule has 0 aromatic heterocycles. The van der Waals surface area contributed by atoms with Gasteiger partial charge in [-0.1, -0.05) is 0 Å². The van der Waals surface area contributed by atoms with Gasteiger partial charge in [-0.05, 0) is 57.1 Å². The summed E-state index contributed by atoms with van der Waals surface area (Å²) in [5.74, 6) is 1.68. The molecule has 1 aromatic rings. The Morgan fingerprint density at radius 3 is 2.42 bits per heavy atom. The molecule has 2 rings (SSSR count). The number of hydrogen-bond acceptors (Lipinski definition) is 4. The molecule has 0 bridgehead atoms. The predicted molar refractivity (Wildman–Crippen MR) is 74.9 cm³/mol. The molecule has 1 atom stereocenters. The van der Waals surface area contributed by atoms with E-state index in [2.05, 4.69) is 38.1 Å². The summed E-state index contributed by atoms with van der Waals surface area (Å²) < 4.78 is 11.3. The van der Waals surface area contributed by atoms with Gasteiger partial charge in [0.05, 0.1) is 0 Å². The lowest BCUT2D eigenvalue weighted by atomic mass is 9.96. The Kier molecular flexibility index (Phi) is 4.66. The van der Waals surface area contributed by atoms with Crippen LogP contribution in [0.25, 0.3) is 0 Å². The minimum atomic E-state index is 0.230. The molecule has 0 fully saturated rings. The summed E-state index contributed by atoms with van der Waals surface area (Å²) in [5, 5.41) is 9.04. The van der Waals surface area contributed by atoms with E-state index in [1.807, 2.05) is 0 Å². The third kappa shape index (κ3) is 3.19. The standard InChI is InChI=1S/C15H23NO3/c1-11-9-14-15(19-8-7-18-14)10-12(11)13(16(2)3)5-4-6-17/h9-10,13,17H,4-8H2,1-3H3. The van der Waals surface area contributed by atoms with E-state index < -0.39 is 0 Å². The lowest BCUT2D eigenvalue weighted by Crippen LogP contribution is -2.22. The van der Waals surface area contributed by atoms with Crippen LogP contribution in [0.1, 0.15) is 30.0 Å². The van der Waals surface area contributed by atoms with Crippen LogP contribution < -0.4 is 9.47 Å². The number of hydrogen-bond donors (Lipinski definition) is 1. The van der Waals surface area contributed by atoms with Crippen molar-refractivity contribution in [1.29, 1.82) is 0 Å². The number of aliphatic hydroxyl groups is 1. The maximum atomic E-state index is 9.04. The molecule has 0 spiro atoms. The van der Waals surface area contributed by atoms with Crippen LogP contribution in [0, 0.1) is 6.92 Å². The fourth-order valence-electron chi connectivity index (χ4n) is 2.54. The summed E-state index contributed by atoms with van der Waals surface area (Å²) >= 11 is 0. The minimum Gasteiger partial charge on any atom is -0.486 e. The molecule has 1 aliphatic heterocycles. The van der Waals surface area contributed by atoms with Gasteiger partial charge in [0, 0.05) is 12.6 Å². The fourth-order valence-corrected chi connectivity index (χ4v) is 2.54. The average molecular weight is 265 g/mol. The summed E-state index contributed by atoms with van der Waals surface area (Å²) in [6, 6.07) is 4.44. The molecular formula is C15H23NO3. The summed E-state index contributed by atoms with van der Waals surface area (Å²) in [7, 11) is 4.14. The number of rotatable bonds is 5. The van der Waals surface area contributed by atoms with Gasteiger partial charge in [0.2, 0.25) is 0 Å². The highest BCUT2D eigenvalue weighted by Gasteiger charge is 2.20. The first-order chi connectivity index (χ1) is 9.13. The second-order valence-corrected chi connectivity index (χ2v) is 5.20. The van der Waals surface area contributed by atoms with Crippen LogP contribution in [-0.2, 0) is 0 Å². The lowest BCUT2D eigenvalue weighted by Gasteiger charge is -2.28. The van der Waals surface area contributed by atoms with Gasteiger partial charge in [-0.3, -0.25) is 0 Å². The van der Waals surface area contributed by atoms with Crippen molar-refractivity contribution >= 4 is 0 Å². The second kappa shape index (κ2) is 6.26. The van der Waals surface area contributed by atoms with Crippen molar-refractivity contribution in [3.05, 3.63) is 23.3 Å². The molecule has 1 aromatic carbocycles. The first-order valence-corrected chi connectivity index (χ1v) is 6.81. The number of fused-ring (bicyclic) bond motifs is 1. The van der Waals surface area contributed by atoms with E-state index in [-0.39, 0.29) is 6.61 Å². The van der Waals surface area contributed by atoms with Crippen LogP contribution in [0.2, 0.25) is 0 Å². The van der Waals surface area contributed by atoms with Gasteiger partial charge in [-0.2, -0.15) is 0 Å². The second-order valence-electron chi connectivity index (χ2n) is 5.20. The highest BCUT2D eigenvalue weighted by molar-refractivity contribution is 5.48. The first-order valence-electron chi connectivity index (χ1n) is 6.81. The highest BCUT2D eigenvalue weighted by Crippen LogP contribution is 2.37. The van der Waals surface area contributed by atoms with Crippen molar-refractivity contribution in [2.45, 2.75) is 25.8 Å². The van der Waals surface area contributed by atoms with Gasteiger partial charge in [-0.25, -0.2) is 0 Å². The fraction of sp³-hybridized carbons (Fsp3) is 0.600. The molecule has 0 aliphatic carbocycles. The Bertz CT molecular complexity index is 432. The maximum absolute atomic E-state index is 9.04. The third-order valence-corrected chi connectivity index (χ3v) is 3.55. The Morgan fingerprint density at radius 2 is 1.84 bits per heavy atom. The van der Waals surface area contributed by atoms with Crippen LogP contribution in [0.4, 0.5) is 0 Å². The van der Waals surface area contributed by atoms with E-state index >= 15 is 0 Å². The number of ether oxygens (including phenoxy) is 2. The van der Waals surface area contributed by atoms with E-state index in [1.54, 1.807) is 0 Å². The Hall–Kier alpha value is -1.26. The zero-order valence-corrected chi connectivity index (χ0v) is 12.0. The Balaban J connectivity index is 2.30. The van der Waals surface area contributed by atoms with Gasteiger partial charge in [-0.15, -0.1) is 0 Å². The van der Waals surface area contributed by atoms with E-state index in [1.165, 1.54) is 11.1 Å². The molecule has 1 N–H and O–H groups in total. The highest BCUT2D eigenvalue weighted by atomic mass is 16.6. The molecule has 1 unspecified atom stereocenters. The largest absolute Gasteiger partial charge is 0.486 e. The Morgan fingerprint density at radius 1 is 1.21 bits per heavy atom. The molecule has 106 valence electrons. The van der Waals surface area contributed by atoms with Crippen molar-refractivity contribution in [2.24, 2.45) is 0 Å². The molecule has 0 amide bonds. The quantitative estimate of drug-likeness (QED) is 0.885. The average Bonchev–Trinajstić information content (AvgIpc) is 2.39. The molecule has 4 nitrogen and oxygen atoms in total. The van der Waals surface area contributed by atoms with Crippen LogP contribution in [-0.4, -0.2) is 43.9 Å². The predicted octanol–water partition coefficient (Wildman–Crippen LogP) is 2.14. The lowest BCUT2D eigenvalue weighted by molar-refractivity contribution is 0.170. The summed E-state index contributed by atoms with van der Waals surface area (Å²) in [4.78, 5) is 2.19. The van der Waals surface area contributed by atoms with E-state index in [4.69, 9.17) is 14.6 Å². The van der Waals surface area contributed by atoms with Crippen LogP contribution in [0.5, 0.6) is 11.5 Å². The zero-order valence-electron chi connectivity index (χ0n) is 12.0. The smallest absolute Gasteiger partial charge is 0.161 e. The van der Waals surface area contributed by atoms with E-state index in [0.717, 1.165) is 24.3 Å². The molecule has 1 heterocycles. The van der Waals surface area contributed by atoms with Gasteiger partial charge in [0.25, 0.3) is 0 Å².